The number of nitrogens with one attached hydrogen (secondary N) is 2. The van der Waals surface area contributed by atoms with Gasteiger partial charge in [0.1, 0.15) is 11.6 Å². The van der Waals surface area contributed by atoms with E-state index >= 15 is 0 Å². The van der Waals surface area contributed by atoms with Crippen molar-refractivity contribution in [3.05, 3.63) is 95.6 Å². The van der Waals surface area contributed by atoms with E-state index in [2.05, 4.69) is 10.6 Å². The van der Waals surface area contributed by atoms with Crippen LogP contribution in [0.15, 0.2) is 72.8 Å². The normalized spacial score (nSPS) is 19.2. The molecule has 0 radical (unpaired) electrons. The van der Waals surface area contributed by atoms with E-state index in [-0.39, 0.29) is 48.1 Å². The predicted octanol–water partition coefficient (Wildman–Crippen LogP) is 2.89. The van der Waals surface area contributed by atoms with E-state index in [1.807, 2.05) is 0 Å². The summed E-state index contributed by atoms with van der Waals surface area (Å²) in [5.41, 5.74) is 2.54. The van der Waals surface area contributed by atoms with Crippen LogP contribution in [-0.2, 0) is 32.0 Å². The fraction of sp³-hybridized carbons (Fsp3) is 0.267. The van der Waals surface area contributed by atoms with Gasteiger partial charge in [-0.3, -0.25) is 19.2 Å². The molecular formula is C30H28F2N4O4. The van der Waals surface area contributed by atoms with Gasteiger partial charge in [-0.05, 0) is 85.6 Å². The Morgan fingerprint density at radius 3 is 1.27 bits per heavy atom. The van der Waals surface area contributed by atoms with Gasteiger partial charge >= 0.3 is 0 Å². The smallest absolute Gasteiger partial charge is 0.251 e. The largest absolute Gasteiger partial charge is 0.305 e. The molecule has 8 nitrogen and oxygen atoms in total. The van der Waals surface area contributed by atoms with E-state index in [1.54, 1.807) is 48.5 Å². The molecule has 2 fully saturated rings. The quantitative estimate of drug-likeness (QED) is 0.380. The molecule has 4 amide bonds. The van der Waals surface area contributed by atoms with Crippen LogP contribution in [0.25, 0.3) is 0 Å². The molecule has 0 bridgehead atoms. The number of halogens is 2. The van der Waals surface area contributed by atoms with E-state index in [0.717, 1.165) is 20.9 Å². The number of carbonyl (C=O) groups is 4. The average Bonchev–Trinajstić information content (AvgIpc) is 3.39. The summed E-state index contributed by atoms with van der Waals surface area (Å²) < 4.78 is 26.2. The number of anilines is 2. The van der Waals surface area contributed by atoms with Gasteiger partial charge < -0.3 is 10.6 Å². The van der Waals surface area contributed by atoms with E-state index in [1.165, 1.54) is 24.3 Å². The van der Waals surface area contributed by atoms with Crippen molar-refractivity contribution in [1.82, 2.24) is 10.6 Å². The lowest BCUT2D eigenvalue weighted by Gasteiger charge is -2.19. The molecule has 3 aromatic carbocycles. The third-order valence-corrected chi connectivity index (χ3v) is 7.09. The van der Waals surface area contributed by atoms with Crippen LogP contribution in [0.1, 0.15) is 24.0 Å². The zero-order chi connectivity index (χ0) is 28.2. The molecule has 10 heteroatoms. The van der Waals surface area contributed by atoms with Crippen LogP contribution >= 0.6 is 0 Å². The van der Waals surface area contributed by atoms with Gasteiger partial charge in [0.15, 0.2) is 0 Å². The molecule has 0 aliphatic carbocycles. The highest BCUT2D eigenvalue weighted by atomic mass is 19.1. The van der Waals surface area contributed by atoms with Gasteiger partial charge in [0, 0.05) is 0 Å². The van der Waals surface area contributed by atoms with Gasteiger partial charge in [0.05, 0.1) is 36.3 Å². The lowest BCUT2D eigenvalue weighted by molar-refractivity contribution is -0.123. The van der Waals surface area contributed by atoms with Gasteiger partial charge in [-0.15, -0.1) is 0 Å². The molecule has 2 atom stereocenters. The first kappa shape index (κ1) is 27.3. The Morgan fingerprint density at radius 1 is 0.575 bits per heavy atom. The van der Waals surface area contributed by atoms with Crippen molar-refractivity contribution in [2.45, 2.75) is 37.8 Å². The number of carbonyl (C=O) groups excluding carboxylic acids is 4. The zero-order valence-corrected chi connectivity index (χ0v) is 21.6. The maximum atomic E-state index is 13.1. The van der Waals surface area contributed by atoms with Crippen LogP contribution in [0.5, 0.6) is 0 Å². The summed E-state index contributed by atoms with van der Waals surface area (Å²) in [6, 6.07) is 17.0. The van der Waals surface area contributed by atoms with Crippen molar-refractivity contribution in [1.29, 1.82) is 0 Å². The minimum atomic E-state index is -0.670. The molecular weight excluding hydrogens is 518 g/mol. The van der Waals surface area contributed by atoms with Gasteiger partial charge in [-0.1, -0.05) is 24.3 Å². The Labute approximate surface area is 230 Å². The van der Waals surface area contributed by atoms with E-state index in [0.29, 0.717) is 37.3 Å². The third kappa shape index (κ3) is 5.98. The van der Waals surface area contributed by atoms with Crippen LogP contribution in [0.2, 0.25) is 0 Å². The topological polar surface area (TPSA) is 98.8 Å². The van der Waals surface area contributed by atoms with Crippen LogP contribution < -0.4 is 20.4 Å². The Kier molecular flexibility index (Phi) is 8.09. The van der Waals surface area contributed by atoms with Crippen molar-refractivity contribution in [3.8, 4) is 0 Å². The molecule has 3 aromatic rings. The molecule has 2 heterocycles. The SMILES string of the molecule is O=C1CC(NCCc2ccc(F)cc2)C(=O)N1c1ccc(N2C(=O)CC(NCCc3ccc(F)cc3)C2=O)cc1. The Balaban J connectivity index is 1.16. The van der Waals surface area contributed by atoms with Gasteiger partial charge in [0.2, 0.25) is 11.8 Å². The monoisotopic (exact) mass is 546 g/mol. The van der Waals surface area contributed by atoms with Gasteiger partial charge in [-0.25, -0.2) is 18.6 Å². The molecule has 206 valence electrons. The summed E-state index contributed by atoms with van der Waals surface area (Å²) in [7, 11) is 0. The van der Waals surface area contributed by atoms with E-state index in [4.69, 9.17) is 0 Å². The summed E-state index contributed by atoms with van der Waals surface area (Å²) in [5.74, 6) is -2.09. The number of hydrogen-bond donors (Lipinski definition) is 2. The second kappa shape index (κ2) is 11.8. The second-order valence-corrected chi connectivity index (χ2v) is 9.83. The van der Waals surface area contributed by atoms with Crippen LogP contribution in [0, 0.1) is 11.6 Å². The first-order chi connectivity index (χ1) is 19.3. The maximum absolute atomic E-state index is 13.1. The molecule has 2 saturated heterocycles. The summed E-state index contributed by atoms with van der Waals surface area (Å²) in [5, 5.41) is 6.20. The molecule has 2 unspecified atom stereocenters. The Bertz CT molecular complexity index is 1300. The van der Waals surface area contributed by atoms with Gasteiger partial charge in [0.25, 0.3) is 11.8 Å². The number of imide groups is 2. The Hall–Kier alpha value is -4.28. The van der Waals surface area contributed by atoms with Crippen molar-refractivity contribution in [2.75, 3.05) is 22.9 Å². The van der Waals surface area contributed by atoms with Crippen molar-refractivity contribution in [3.63, 3.8) is 0 Å². The summed E-state index contributed by atoms with van der Waals surface area (Å²) in [6.45, 7) is 0.890. The number of hydrogen-bond acceptors (Lipinski definition) is 6. The average molecular weight is 547 g/mol. The van der Waals surface area contributed by atoms with E-state index in [9.17, 15) is 28.0 Å². The Morgan fingerprint density at radius 2 is 0.925 bits per heavy atom. The predicted molar refractivity (Wildman–Crippen MR) is 144 cm³/mol. The second-order valence-electron chi connectivity index (χ2n) is 9.83. The highest BCUT2D eigenvalue weighted by Crippen LogP contribution is 2.28. The van der Waals surface area contributed by atoms with Crippen LogP contribution in [0.3, 0.4) is 0 Å². The van der Waals surface area contributed by atoms with E-state index < -0.39 is 12.1 Å². The standard InChI is InChI=1S/C30H28F2N4O4/c31-21-5-1-19(2-6-21)13-15-33-25-17-27(37)35(29(25)39)23-9-11-24(12-10-23)36-28(38)18-26(30(36)40)34-16-14-20-3-7-22(32)8-4-20/h1-12,25-26,33-34H,13-18H2. The summed E-state index contributed by atoms with van der Waals surface area (Å²) in [6.07, 6.45) is 1.18. The number of benzene rings is 3. The zero-order valence-electron chi connectivity index (χ0n) is 21.6. The van der Waals surface area contributed by atoms with Crippen molar-refractivity contribution >= 4 is 35.0 Å². The number of rotatable bonds is 10. The first-order valence-electron chi connectivity index (χ1n) is 13.1. The summed E-state index contributed by atoms with van der Waals surface area (Å²) >= 11 is 0. The molecule has 2 aliphatic rings. The molecule has 0 saturated carbocycles. The minimum absolute atomic E-state index is 0.0123. The maximum Gasteiger partial charge on any atom is 0.251 e. The number of amides is 4. The molecule has 2 aliphatic heterocycles. The molecule has 0 aromatic heterocycles. The third-order valence-electron chi connectivity index (χ3n) is 7.09. The number of nitrogens with zero attached hydrogens (tertiary/aromatic N) is 2. The van der Waals surface area contributed by atoms with Crippen molar-refractivity contribution < 1.29 is 28.0 Å². The van der Waals surface area contributed by atoms with Crippen molar-refractivity contribution in [2.24, 2.45) is 0 Å². The summed E-state index contributed by atoms with van der Waals surface area (Å²) in [4.78, 5) is 53.4. The fourth-order valence-electron chi connectivity index (χ4n) is 4.96. The van der Waals surface area contributed by atoms with Crippen LogP contribution in [-0.4, -0.2) is 48.8 Å². The van der Waals surface area contributed by atoms with Crippen LogP contribution in [0.4, 0.5) is 20.2 Å². The van der Waals surface area contributed by atoms with Gasteiger partial charge in [-0.2, -0.15) is 0 Å². The lowest BCUT2D eigenvalue weighted by Crippen LogP contribution is -2.40. The fourth-order valence-corrected chi connectivity index (χ4v) is 4.96. The first-order valence-corrected chi connectivity index (χ1v) is 13.1. The molecule has 40 heavy (non-hydrogen) atoms. The lowest BCUT2D eigenvalue weighted by atomic mass is 10.1. The molecule has 0 spiro atoms. The highest BCUT2D eigenvalue weighted by Gasteiger charge is 2.41. The molecule has 5 rings (SSSR count). The minimum Gasteiger partial charge on any atom is -0.305 e. The molecule has 2 N–H and O–H groups in total. The highest BCUT2D eigenvalue weighted by molar-refractivity contribution is 6.24.